The second kappa shape index (κ2) is 23.6. The summed E-state index contributed by atoms with van der Waals surface area (Å²) in [5, 5.41) is 18.3. The van der Waals surface area contributed by atoms with Crippen LogP contribution in [0.25, 0.3) is 0 Å². The molecule has 15 nitrogen and oxygen atoms in total. The number of ether oxygens (including phenoxy) is 1. The number of rotatable bonds is 19. The van der Waals surface area contributed by atoms with Gasteiger partial charge >= 0.3 is 0 Å². The van der Waals surface area contributed by atoms with Gasteiger partial charge in [0.05, 0.1) is 30.3 Å². The predicted octanol–water partition coefficient (Wildman–Crippen LogP) is 4.25. The van der Waals surface area contributed by atoms with E-state index in [1.807, 2.05) is 48.5 Å². The molecule has 4 aliphatic rings. The van der Waals surface area contributed by atoms with Gasteiger partial charge in [0.1, 0.15) is 24.2 Å². The van der Waals surface area contributed by atoms with Gasteiger partial charge in [-0.3, -0.25) is 28.8 Å². The second-order valence-corrected chi connectivity index (χ2v) is 19.1. The van der Waals surface area contributed by atoms with Crippen molar-refractivity contribution in [2.24, 2.45) is 0 Å². The zero-order valence-corrected chi connectivity index (χ0v) is 40.5. The number of aryl methyl sites for hydroxylation is 3. The maximum atomic E-state index is 14.5. The molecule has 0 radical (unpaired) electrons. The molecule has 2 fully saturated rings. The predicted molar refractivity (Wildman–Crippen MR) is 260 cm³/mol. The second-order valence-electron chi connectivity index (χ2n) is 19.1. The number of likely N-dealkylation sites (tertiary alicyclic amines) is 2. The van der Waals surface area contributed by atoms with E-state index in [0.29, 0.717) is 63.8 Å². The molecule has 0 spiro atoms. The fraction of sp³-hybridized carbons (Fsp3) is 0.547. The van der Waals surface area contributed by atoms with E-state index in [2.05, 4.69) is 56.2 Å². The topological polar surface area (TPSA) is 190 Å². The zero-order valence-electron chi connectivity index (χ0n) is 40.5. The molecule has 0 bridgehead atoms. The zero-order chi connectivity index (χ0) is 48.3. The highest BCUT2D eigenvalue weighted by atomic mass is 16.5. The molecule has 2 aliphatic carbocycles. The normalized spacial score (nSPS) is 22.1. The van der Waals surface area contributed by atoms with Gasteiger partial charge in [-0.2, -0.15) is 0 Å². The van der Waals surface area contributed by atoms with Crippen molar-refractivity contribution in [3.05, 3.63) is 106 Å². The number of fused-ring (bicyclic) bond motifs is 2. The van der Waals surface area contributed by atoms with Crippen molar-refractivity contribution >= 4 is 35.4 Å². The van der Waals surface area contributed by atoms with Crippen molar-refractivity contribution in [3.8, 4) is 0 Å². The van der Waals surface area contributed by atoms with E-state index in [1.54, 1.807) is 44.7 Å². The molecule has 6 amide bonds. The molecule has 2 heterocycles. The van der Waals surface area contributed by atoms with Crippen molar-refractivity contribution in [1.82, 2.24) is 41.7 Å². The summed E-state index contributed by atoms with van der Waals surface area (Å²) in [6.07, 6.45) is 8.55. The molecule has 2 saturated heterocycles. The van der Waals surface area contributed by atoms with E-state index in [-0.39, 0.29) is 47.5 Å². The Morgan fingerprint density at radius 1 is 0.618 bits per heavy atom. The van der Waals surface area contributed by atoms with Gasteiger partial charge in [0.15, 0.2) is 0 Å². The highest BCUT2D eigenvalue weighted by Crippen LogP contribution is 2.33. The minimum atomic E-state index is -1.01. The summed E-state index contributed by atoms with van der Waals surface area (Å²) >= 11 is 0. The molecule has 0 aromatic heterocycles. The van der Waals surface area contributed by atoms with Crippen LogP contribution in [0.5, 0.6) is 0 Å². The lowest BCUT2D eigenvalue weighted by Crippen LogP contribution is -2.59. The van der Waals surface area contributed by atoms with Crippen LogP contribution in [-0.2, 0) is 52.8 Å². The first-order valence-corrected chi connectivity index (χ1v) is 24.9. The molecule has 366 valence electrons. The molecule has 0 saturated carbocycles. The molecule has 1 unspecified atom stereocenters. The summed E-state index contributed by atoms with van der Waals surface area (Å²) in [5.74, 6) is -1.70. The van der Waals surface area contributed by atoms with Crippen LogP contribution >= 0.6 is 0 Å². The first kappa shape index (κ1) is 50.2. The Morgan fingerprint density at radius 3 is 1.65 bits per heavy atom. The standard InChI is InChI=1S/C53H72N8O7/c1-33(54-4)48(62)58-46(52(66)60-30-12-24-44(60)50(64)56-42-22-10-18-37-16-6-8-20-40(37)42)35(3)68-32-14-15-36-26-28-39(29-27-36)47(59-49(63)34(2)55-5)53(67)61-31-13-25-45(61)51(65)57-43-23-11-19-38-17-7-9-21-41(38)43/h6-9,16-17,20-21,26-29,33-35,42-47,54-55H,10-15,18-19,22-25,30-32H2,1-5H3,(H,56,64)(H,57,65)(H,58,62)(H,59,63)/t33-,34-,35+,42+,43?,44-,45-,46-,47-/m0/s1. The minimum absolute atomic E-state index is 0.108. The SMILES string of the molecule is CN[C@@H](C)C(=O)N[C@H](C(=O)N1CCC[C@H]1C(=O)NC1CCCc2ccccc21)c1ccc(CCCO[C@H](C)[C@H](NC(=O)[C@H](C)NC)C(=O)N2CCC[C@H]2C(=O)N[C@@H]2CCCc3ccccc32)cc1. The molecule has 7 rings (SSSR count). The van der Waals surface area contributed by atoms with Gasteiger partial charge in [-0.1, -0.05) is 72.8 Å². The Kier molecular flexibility index (Phi) is 17.4. The molecular weight excluding hydrogens is 861 g/mol. The van der Waals surface area contributed by atoms with Gasteiger partial charge in [-0.05, 0) is 145 Å². The van der Waals surface area contributed by atoms with Crippen LogP contribution in [0.3, 0.4) is 0 Å². The Hall–Kier alpha value is -5.64. The van der Waals surface area contributed by atoms with E-state index < -0.39 is 42.4 Å². The number of nitrogens with zero attached hydrogens (tertiary/aromatic N) is 2. The number of carbonyl (C=O) groups is 6. The van der Waals surface area contributed by atoms with E-state index in [1.165, 1.54) is 11.1 Å². The van der Waals surface area contributed by atoms with Crippen molar-refractivity contribution in [3.63, 3.8) is 0 Å². The van der Waals surface area contributed by atoms with E-state index in [0.717, 1.165) is 55.2 Å². The van der Waals surface area contributed by atoms with Gasteiger partial charge < -0.3 is 46.4 Å². The summed E-state index contributed by atoms with van der Waals surface area (Å²) in [6.45, 7) is 6.33. The van der Waals surface area contributed by atoms with Gasteiger partial charge in [0, 0.05) is 19.7 Å². The van der Waals surface area contributed by atoms with Crippen molar-refractivity contribution in [2.75, 3.05) is 33.8 Å². The maximum absolute atomic E-state index is 14.5. The van der Waals surface area contributed by atoms with Gasteiger partial charge in [0.2, 0.25) is 35.4 Å². The average Bonchev–Trinajstić information content (AvgIpc) is 4.07. The number of benzene rings is 3. The number of carbonyl (C=O) groups excluding carboxylic acids is 6. The van der Waals surface area contributed by atoms with E-state index >= 15 is 0 Å². The Labute approximate surface area is 401 Å². The maximum Gasteiger partial charge on any atom is 0.250 e. The third kappa shape index (κ3) is 12.0. The molecule has 3 aromatic rings. The van der Waals surface area contributed by atoms with Crippen molar-refractivity contribution in [1.29, 1.82) is 0 Å². The van der Waals surface area contributed by atoms with Crippen LogP contribution in [-0.4, -0.2) is 115 Å². The van der Waals surface area contributed by atoms with Crippen molar-refractivity contribution < 1.29 is 33.5 Å². The van der Waals surface area contributed by atoms with E-state index in [9.17, 15) is 28.8 Å². The summed E-state index contributed by atoms with van der Waals surface area (Å²) < 4.78 is 6.28. The minimum Gasteiger partial charge on any atom is -0.376 e. The van der Waals surface area contributed by atoms with Crippen molar-refractivity contribution in [2.45, 2.75) is 152 Å². The molecule has 68 heavy (non-hydrogen) atoms. The Bertz CT molecular complexity index is 2250. The highest BCUT2D eigenvalue weighted by Gasteiger charge is 2.42. The summed E-state index contributed by atoms with van der Waals surface area (Å²) in [5.41, 5.74) is 6.33. The summed E-state index contributed by atoms with van der Waals surface area (Å²) in [7, 11) is 3.36. The number of hydrogen-bond donors (Lipinski definition) is 6. The van der Waals surface area contributed by atoms with Gasteiger partial charge in [-0.25, -0.2) is 0 Å². The number of likely N-dealkylation sites (N-methyl/N-ethyl adjacent to an activating group) is 2. The molecule has 6 N–H and O–H groups in total. The summed E-state index contributed by atoms with van der Waals surface area (Å²) in [4.78, 5) is 86.3. The largest absolute Gasteiger partial charge is 0.376 e. The number of amides is 6. The molecular formula is C53H72N8O7. The average molecular weight is 933 g/mol. The third-order valence-corrected chi connectivity index (χ3v) is 14.6. The van der Waals surface area contributed by atoms with Crippen LogP contribution in [0, 0.1) is 0 Å². The van der Waals surface area contributed by atoms with Gasteiger partial charge in [0.25, 0.3) is 0 Å². The fourth-order valence-corrected chi connectivity index (χ4v) is 10.3. The van der Waals surface area contributed by atoms with Crippen LogP contribution in [0.4, 0.5) is 0 Å². The molecule has 9 atom stereocenters. The Morgan fingerprint density at radius 2 is 1.12 bits per heavy atom. The quantitative estimate of drug-likeness (QED) is 0.0956. The molecule has 2 aliphatic heterocycles. The lowest BCUT2D eigenvalue weighted by atomic mass is 9.87. The first-order chi connectivity index (χ1) is 32.9. The lowest BCUT2D eigenvalue weighted by Gasteiger charge is -2.33. The summed E-state index contributed by atoms with van der Waals surface area (Å²) in [6, 6.07) is 19.3. The fourth-order valence-electron chi connectivity index (χ4n) is 10.3. The number of hydrogen-bond acceptors (Lipinski definition) is 9. The van der Waals surface area contributed by atoms with Crippen LogP contribution in [0.15, 0.2) is 72.8 Å². The smallest absolute Gasteiger partial charge is 0.250 e. The molecule has 3 aromatic carbocycles. The third-order valence-electron chi connectivity index (χ3n) is 14.6. The van der Waals surface area contributed by atoms with Crippen LogP contribution < -0.4 is 31.9 Å². The number of nitrogens with one attached hydrogen (secondary N) is 6. The highest BCUT2D eigenvalue weighted by molar-refractivity contribution is 5.95. The molecule has 15 heteroatoms. The first-order valence-electron chi connectivity index (χ1n) is 24.9. The lowest BCUT2D eigenvalue weighted by molar-refractivity contribution is -0.145. The monoisotopic (exact) mass is 933 g/mol. The van der Waals surface area contributed by atoms with Crippen LogP contribution in [0.2, 0.25) is 0 Å². The van der Waals surface area contributed by atoms with E-state index in [4.69, 9.17) is 4.74 Å². The van der Waals surface area contributed by atoms with Gasteiger partial charge in [-0.15, -0.1) is 0 Å². The Balaban J connectivity index is 0.971. The van der Waals surface area contributed by atoms with Crippen LogP contribution in [0.1, 0.15) is 130 Å².